The quantitative estimate of drug-likeness (QED) is 0.554. The van der Waals surface area contributed by atoms with E-state index in [0.29, 0.717) is 11.9 Å². The Kier molecular flexibility index (Phi) is 3.46. The highest BCUT2D eigenvalue weighted by Crippen LogP contribution is 2.54. The fourth-order valence-electron chi connectivity index (χ4n) is 5.10. The third-order valence-electron chi connectivity index (χ3n) is 6.17. The van der Waals surface area contributed by atoms with Gasteiger partial charge in [0.25, 0.3) is 0 Å². The lowest BCUT2D eigenvalue weighted by Crippen LogP contribution is -2.56. The number of pyridine rings is 1. The molecule has 5 atom stereocenters. The molecule has 0 amide bonds. The Balaban J connectivity index is 1.54. The molecule has 0 aromatic carbocycles. The summed E-state index contributed by atoms with van der Waals surface area (Å²) in [6.07, 6.45) is 6.80. The van der Waals surface area contributed by atoms with Crippen LogP contribution in [0.4, 0.5) is 4.79 Å². The molecule has 150 valence electrons. The van der Waals surface area contributed by atoms with Crippen LogP contribution in [0.2, 0.25) is 0 Å². The molecule has 2 aromatic heterocycles. The SMILES string of the molecule is O=C(O)Oc1cnc2c(n1)=C(O)N1C(=NC(c3ccccn3)C3C4C=CC(C4)C31)N=2. The summed E-state index contributed by atoms with van der Waals surface area (Å²) in [5.41, 5.74) is 1.04. The molecule has 1 fully saturated rings. The van der Waals surface area contributed by atoms with Gasteiger partial charge in [0.1, 0.15) is 6.04 Å². The number of guanidine groups is 1. The van der Waals surface area contributed by atoms with Crippen molar-refractivity contribution in [3.63, 3.8) is 0 Å². The van der Waals surface area contributed by atoms with Gasteiger partial charge in [-0.3, -0.25) is 9.88 Å². The minimum absolute atomic E-state index is 0.0535. The van der Waals surface area contributed by atoms with Gasteiger partial charge in [0.2, 0.25) is 17.7 Å². The fraction of sp³-hybridized carbons (Fsp3) is 0.300. The predicted octanol–water partition coefficient (Wildman–Crippen LogP) is 0.789. The van der Waals surface area contributed by atoms with E-state index in [9.17, 15) is 9.90 Å². The minimum atomic E-state index is -1.51. The molecule has 2 aliphatic carbocycles. The van der Waals surface area contributed by atoms with Crippen molar-refractivity contribution >= 4 is 18.0 Å². The summed E-state index contributed by atoms with van der Waals surface area (Å²) in [7, 11) is 0. The first-order valence-corrected chi connectivity index (χ1v) is 9.62. The second kappa shape index (κ2) is 6.09. The number of carboxylic acid groups (broad SMARTS) is 1. The van der Waals surface area contributed by atoms with E-state index in [1.165, 1.54) is 0 Å². The van der Waals surface area contributed by atoms with E-state index < -0.39 is 6.16 Å². The standard InChI is InChI=1S/C20H16N6O4/c27-18-15-17(22-8-12(23-15)30-20(28)29)25-19-24-14(11-3-1-2-6-21-11)13-9-4-5-10(7-9)16(13)26(18)19/h1-6,8-10,13-14,16,27H,7H2,(H,28,29). The number of hydrogen-bond donors (Lipinski definition) is 2. The van der Waals surface area contributed by atoms with E-state index in [1.54, 1.807) is 11.1 Å². The maximum atomic E-state index is 11.1. The molecule has 10 heteroatoms. The van der Waals surface area contributed by atoms with Gasteiger partial charge in [0.15, 0.2) is 10.8 Å². The Morgan fingerprint density at radius 1 is 1.20 bits per heavy atom. The molecule has 0 saturated heterocycles. The summed E-state index contributed by atoms with van der Waals surface area (Å²) in [4.78, 5) is 34.7. The number of aliphatic hydroxyl groups excluding tert-OH is 1. The number of aliphatic imine (C=N–C) groups is 1. The Morgan fingerprint density at radius 2 is 2.07 bits per heavy atom. The summed E-state index contributed by atoms with van der Waals surface area (Å²) in [5, 5.41) is 20.0. The molecule has 2 N–H and O–H groups in total. The smallest absolute Gasteiger partial charge is 0.493 e. The summed E-state index contributed by atoms with van der Waals surface area (Å²) >= 11 is 0. The van der Waals surface area contributed by atoms with Crippen molar-refractivity contribution in [2.45, 2.75) is 18.5 Å². The first kappa shape index (κ1) is 17.1. The van der Waals surface area contributed by atoms with Crippen LogP contribution in [-0.2, 0) is 0 Å². The molecule has 1 saturated carbocycles. The molecule has 4 heterocycles. The van der Waals surface area contributed by atoms with E-state index in [0.717, 1.165) is 18.3 Å². The maximum absolute atomic E-state index is 11.1. The number of aliphatic hydroxyl groups is 1. The van der Waals surface area contributed by atoms with Crippen molar-refractivity contribution in [2.24, 2.45) is 27.7 Å². The number of ether oxygens (including phenoxy) is 1. The second-order valence-corrected chi connectivity index (χ2v) is 7.70. The van der Waals surface area contributed by atoms with Gasteiger partial charge in [-0.05, 0) is 30.4 Å². The zero-order valence-electron chi connectivity index (χ0n) is 15.5. The van der Waals surface area contributed by atoms with Crippen molar-refractivity contribution in [3.05, 3.63) is 59.3 Å². The number of hydrogen-bond acceptors (Lipinski definition) is 9. The monoisotopic (exact) mass is 404 g/mol. The van der Waals surface area contributed by atoms with Gasteiger partial charge >= 0.3 is 6.16 Å². The molecule has 2 aromatic rings. The molecule has 0 radical (unpaired) electrons. The van der Waals surface area contributed by atoms with Gasteiger partial charge in [-0.15, -0.1) is 0 Å². The van der Waals surface area contributed by atoms with Crippen molar-refractivity contribution in [1.82, 2.24) is 19.9 Å². The Labute approximate surface area is 169 Å². The summed E-state index contributed by atoms with van der Waals surface area (Å²) in [6.45, 7) is 0. The van der Waals surface area contributed by atoms with Gasteiger partial charge in [-0.2, -0.15) is 4.99 Å². The molecule has 4 aliphatic rings. The average molecular weight is 404 g/mol. The Morgan fingerprint density at radius 3 is 2.87 bits per heavy atom. The van der Waals surface area contributed by atoms with Gasteiger partial charge in [-0.25, -0.2) is 19.8 Å². The molecule has 6 rings (SSSR count). The molecule has 10 nitrogen and oxygen atoms in total. The lowest BCUT2D eigenvalue weighted by atomic mass is 9.79. The number of allylic oxidation sites excluding steroid dienone is 1. The molecular weight excluding hydrogens is 388 g/mol. The molecule has 2 bridgehead atoms. The number of aromatic nitrogens is 3. The van der Waals surface area contributed by atoms with Crippen molar-refractivity contribution in [2.75, 3.05) is 0 Å². The first-order valence-electron chi connectivity index (χ1n) is 9.62. The lowest BCUT2D eigenvalue weighted by Gasteiger charge is -2.44. The van der Waals surface area contributed by atoms with Crippen LogP contribution >= 0.6 is 0 Å². The lowest BCUT2D eigenvalue weighted by molar-refractivity contribution is 0.142. The van der Waals surface area contributed by atoms with Gasteiger partial charge in [0.05, 0.1) is 17.9 Å². The summed E-state index contributed by atoms with van der Waals surface area (Å²) < 4.78 is 4.58. The number of rotatable bonds is 2. The van der Waals surface area contributed by atoms with Crippen molar-refractivity contribution in [3.8, 4) is 5.88 Å². The zero-order chi connectivity index (χ0) is 20.4. The molecule has 0 spiro atoms. The highest BCUT2D eigenvalue weighted by Gasteiger charge is 2.55. The molecular formula is C20H16N6O4. The predicted molar refractivity (Wildman–Crippen MR) is 102 cm³/mol. The molecule has 30 heavy (non-hydrogen) atoms. The highest BCUT2D eigenvalue weighted by atomic mass is 16.7. The number of fused-ring (bicyclic) bond motifs is 8. The first-order chi connectivity index (χ1) is 14.6. The van der Waals surface area contributed by atoms with E-state index in [2.05, 4.69) is 36.8 Å². The van der Waals surface area contributed by atoms with E-state index in [1.807, 2.05) is 18.2 Å². The summed E-state index contributed by atoms with van der Waals surface area (Å²) in [6, 6.07) is 5.55. The van der Waals surface area contributed by atoms with Crippen LogP contribution in [0.1, 0.15) is 18.2 Å². The Hall–Kier alpha value is -3.82. The van der Waals surface area contributed by atoms with Crippen molar-refractivity contribution < 1.29 is 19.7 Å². The fourth-order valence-corrected chi connectivity index (χ4v) is 5.10. The van der Waals surface area contributed by atoms with E-state index >= 15 is 0 Å². The van der Waals surface area contributed by atoms with Crippen LogP contribution in [0, 0.1) is 17.8 Å². The van der Waals surface area contributed by atoms with Gasteiger partial charge in [0, 0.05) is 12.1 Å². The third-order valence-corrected chi connectivity index (χ3v) is 6.17. The van der Waals surface area contributed by atoms with Crippen LogP contribution in [0.3, 0.4) is 0 Å². The second-order valence-electron chi connectivity index (χ2n) is 7.70. The van der Waals surface area contributed by atoms with Gasteiger partial charge < -0.3 is 14.9 Å². The topological polar surface area (TPSA) is 133 Å². The van der Waals surface area contributed by atoms with E-state index in [4.69, 9.17) is 10.1 Å². The van der Waals surface area contributed by atoms with Gasteiger partial charge in [-0.1, -0.05) is 18.2 Å². The normalized spacial score (nSPS) is 30.1. The van der Waals surface area contributed by atoms with Crippen molar-refractivity contribution in [1.29, 1.82) is 0 Å². The molecule has 5 unspecified atom stereocenters. The van der Waals surface area contributed by atoms with Crippen LogP contribution in [0.5, 0.6) is 5.88 Å². The highest BCUT2D eigenvalue weighted by molar-refractivity contribution is 5.88. The van der Waals surface area contributed by atoms with Crippen LogP contribution < -0.4 is 15.6 Å². The van der Waals surface area contributed by atoms with Crippen LogP contribution in [0.25, 0.3) is 5.88 Å². The largest absolute Gasteiger partial charge is 0.512 e. The minimum Gasteiger partial charge on any atom is -0.493 e. The third kappa shape index (κ3) is 2.36. The number of nitrogens with zero attached hydrogens (tertiary/aromatic N) is 6. The van der Waals surface area contributed by atoms with Crippen LogP contribution in [-0.4, -0.2) is 48.2 Å². The zero-order valence-corrected chi connectivity index (χ0v) is 15.5. The number of carbonyl (C=O) groups is 1. The summed E-state index contributed by atoms with van der Waals surface area (Å²) in [5.74, 6) is 0.693. The molecule has 2 aliphatic heterocycles. The maximum Gasteiger partial charge on any atom is 0.512 e. The van der Waals surface area contributed by atoms with E-state index in [-0.39, 0.29) is 46.5 Å². The average Bonchev–Trinajstić information content (AvgIpc) is 3.36. The Bertz CT molecular complexity index is 1240. The van der Waals surface area contributed by atoms with Crippen LogP contribution in [0.15, 0.2) is 52.7 Å².